The van der Waals surface area contributed by atoms with Crippen LogP contribution in [0.4, 0.5) is 11.4 Å². The minimum atomic E-state index is -0.293. The van der Waals surface area contributed by atoms with Crippen LogP contribution in [0.15, 0.2) is 53.5 Å². The van der Waals surface area contributed by atoms with Crippen LogP contribution in [0.1, 0.15) is 18.9 Å². The zero-order valence-corrected chi connectivity index (χ0v) is 16.1. The molecule has 0 bridgehead atoms. The van der Waals surface area contributed by atoms with Crippen LogP contribution in [-0.4, -0.2) is 16.0 Å². The first kappa shape index (κ1) is 18.0. The van der Waals surface area contributed by atoms with Crippen LogP contribution in [-0.2, 0) is 5.54 Å². The Kier molecular flexibility index (Phi) is 5.51. The lowest BCUT2D eigenvalue weighted by Crippen LogP contribution is -2.29. The third kappa shape index (κ3) is 4.66. The number of amidine groups is 1. The Morgan fingerprint density at radius 2 is 1.92 bits per heavy atom. The Hall–Kier alpha value is -1.76. The van der Waals surface area contributed by atoms with Gasteiger partial charge in [0, 0.05) is 22.2 Å². The average molecular weight is 391 g/mol. The summed E-state index contributed by atoms with van der Waals surface area (Å²) in [4.78, 5) is 4.65. The molecule has 1 unspecified atom stereocenters. The van der Waals surface area contributed by atoms with Crippen LogP contribution in [0.5, 0.6) is 0 Å². The van der Waals surface area contributed by atoms with Gasteiger partial charge in [0.2, 0.25) is 0 Å². The van der Waals surface area contributed by atoms with Gasteiger partial charge in [-0.1, -0.05) is 35.5 Å². The molecule has 0 aromatic heterocycles. The first-order valence-corrected chi connectivity index (χ1v) is 9.64. The molecule has 0 spiro atoms. The molecule has 0 saturated heterocycles. The van der Waals surface area contributed by atoms with Crippen molar-refractivity contribution in [3.8, 4) is 0 Å². The van der Waals surface area contributed by atoms with Crippen molar-refractivity contribution >= 4 is 57.2 Å². The van der Waals surface area contributed by atoms with Gasteiger partial charge in [0.1, 0.15) is 0 Å². The minimum Gasteiger partial charge on any atom is -0.379 e. The summed E-state index contributed by atoms with van der Waals surface area (Å²) >= 11 is 12.9. The van der Waals surface area contributed by atoms with Gasteiger partial charge in [-0.25, -0.2) is 0 Å². The van der Waals surface area contributed by atoms with Crippen molar-refractivity contribution in [3.63, 3.8) is 0 Å². The summed E-state index contributed by atoms with van der Waals surface area (Å²) in [5.41, 5.74) is 8.54. The van der Waals surface area contributed by atoms with Crippen molar-refractivity contribution in [3.05, 3.63) is 59.1 Å². The number of nitrogens with two attached hydrogens (primary N) is 1. The number of thiocarbonyl (C=S) groups is 1. The van der Waals surface area contributed by atoms with E-state index in [4.69, 9.17) is 29.6 Å². The number of nitrogens with zero attached hydrogens (tertiary/aromatic N) is 1. The van der Waals surface area contributed by atoms with Crippen LogP contribution in [0.3, 0.4) is 0 Å². The molecule has 0 fully saturated rings. The number of anilines is 2. The van der Waals surface area contributed by atoms with Gasteiger partial charge in [0.25, 0.3) is 0 Å². The summed E-state index contributed by atoms with van der Waals surface area (Å²) in [6.45, 7) is 2.11. The Balaban J connectivity index is 1.72. The van der Waals surface area contributed by atoms with Crippen LogP contribution in [0.2, 0.25) is 5.02 Å². The molecule has 3 rings (SSSR count). The highest BCUT2D eigenvalue weighted by Gasteiger charge is 2.29. The number of hydrogen-bond acceptors (Lipinski definition) is 4. The number of hydrogen-bond donors (Lipinski definition) is 3. The van der Waals surface area contributed by atoms with E-state index in [0.717, 1.165) is 29.1 Å². The maximum absolute atomic E-state index is 5.92. The van der Waals surface area contributed by atoms with E-state index in [-0.39, 0.29) is 5.54 Å². The normalized spacial score (nSPS) is 19.8. The van der Waals surface area contributed by atoms with E-state index in [0.29, 0.717) is 15.3 Å². The average Bonchev–Trinajstić information content (AvgIpc) is 2.57. The van der Waals surface area contributed by atoms with Gasteiger partial charge >= 0.3 is 0 Å². The van der Waals surface area contributed by atoms with Gasteiger partial charge in [0.05, 0.1) is 5.54 Å². The largest absolute Gasteiger partial charge is 0.379 e. The van der Waals surface area contributed by atoms with Crippen molar-refractivity contribution in [2.45, 2.75) is 18.9 Å². The summed E-state index contributed by atoms with van der Waals surface area (Å²) in [6.07, 6.45) is 0.954. The number of benzene rings is 2. The van der Waals surface area contributed by atoms with Crippen LogP contribution < -0.4 is 16.4 Å². The topological polar surface area (TPSA) is 62.4 Å². The zero-order chi connectivity index (χ0) is 17.9. The second-order valence-electron chi connectivity index (χ2n) is 5.99. The number of rotatable bonds is 3. The highest BCUT2D eigenvalue weighted by molar-refractivity contribution is 8.13. The molecule has 1 atom stereocenters. The molecule has 1 heterocycles. The van der Waals surface area contributed by atoms with E-state index in [1.165, 1.54) is 0 Å². The predicted molar refractivity (Wildman–Crippen MR) is 114 cm³/mol. The van der Waals surface area contributed by atoms with Gasteiger partial charge in [-0.3, -0.25) is 4.99 Å². The fourth-order valence-electron chi connectivity index (χ4n) is 2.65. The minimum absolute atomic E-state index is 0.293. The molecule has 4 nitrogen and oxygen atoms in total. The molecule has 2 aromatic carbocycles. The van der Waals surface area contributed by atoms with Crippen molar-refractivity contribution in [1.29, 1.82) is 0 Å². The van der Waals surface area contributed by atoms with E-state index < -0.39 is 0 Å². The second kappa shape index (κ2) is 7.64. The third-order valence-electron chi connectivity index (χ3n) is 4.04. The maximum Gasteiger partial charge on any atom is 0.175 e. The summed E-state index contributed by atoms with van der Waals surface area (Å²) in [5, 5.41) is 8.22. The van der Waals surface area contributed by atoms with E-state index in [1.54, 1.807) is 11.8 Å². The molecule has 25 heavy (non-hydrogen) atoms. The van der Waals surface area contributed by atoms with Crippen LogP contribution >= 0.6 is 35.6 Å². The molecule has 130 valence electrons. The lowest BCUT2D eigenvalue weighted by atomic mass is 9.89. The summed E-state index contributed by atoms with van der Waals surface area (Å²) in [7, 11) is 0. The summed E-state index contributed by atoms with van der Waals surface area (Å²) in [6, 6.07) is 15.5. The molecule has 4 N–H and O–H groups in total. The van der Waals surface area contributed by atoms with Gasteiger partial charge in [0.15, 0.2) is 10.3 Å². The molecule has 0 aliphatic carbocycles. The lowest BCUT2D eigenvalue weighted by Gasteiger charge is -2.30. The molecule has 1 aliphatic heterocycles. The SMILES string of the molecule is CC1(c2cccc(NC(=S)Nc3ccc(Cl)cc3)c2)CCSC(N)=N1. The first-order chi connectivity index (χ1) is 11.9. The smallest absolute Gasteiger partial charge is 0.175 e. The monoisotopic (exact) mass is 390 g/mol. The standard InChI is InChI=1S/C18H19ClN4S2/c1-18(9-10-25-16(20)23-18)12-3-2-4-15(11-12)22-17(24)21-14-7-5-13(19)6-8-14/h2-8,11H,9-10H2,1H3,(H2,20,23)(H2,21,22,24). The van der Waals surface area contributed by atoms with Crippen LogP contribution in [0, 0.1) is 0 Å². The molecular formula is C18H19ClN4S2. The molecule has 0 saturated carbocycles. The van der Waals surface area contributed by atoms with E-state index >= 15 is 0 Å². The number of halogens is 1. The maximum atomic E-state index is 5.92. The van der Waals surface area contributed by atoms with Gasteiger partial charge in [-0.05, 0) is 67.5 Å². The second-order valence-corrected chi connectivity index (χ2v) is 7.95. The van der Waals surface area contributed by atoms with Crippen molar-refractivity contribution in [2.24, 2.45) is 10.7 Å². The quantitative estimate of drug-likeness (QED) is 0.656. The van der Waals surface area contributed by atoms with E-state index in [9.17, 15) is 0 Å². The van der Waals surface area contributed by atoms with Gasteiger partial charge in [-0.15, -0.1) is 0 Å². The molecule has 1 aliphatic rings. The first-order valence-electron chi connectivity index (χ1n) is 7.87. The number of thioether (sulfide) groups is 1. The fraction of sp³-hybridized carbons (Fsp3) is 0.222. The Bertz CT molecular complexity index is 807. The third-order valence-corrected chi connectivity index (χ3v) is 5.29. The van der Waals surface area contributed by atoms with Crippen molar-refractivity contribution in [2.75, 3.05) is 16.4 Å². The Morgan fingerprint density at radius 3 is 2.64 bits per heavy atom. The predicted octanol–water partition coefficient (Wildman–Crippen LogP) is 4.82. The number of nitrogens with one attached hydrogen (secondary N) is 2. The van der Waals surface area contributed by atoms with E-state index in [1.807, 2.05) is 36.4 Å². The van der Waals surface area contributed by atoms with Crippen molar-refractivity contribution < 1.29 is 0 Å². The van der Waals surface area contributed by atoms with Crippen LogP contribution in [0.25, 0.3) is 0 Å². The zero-order valence-electron chi connectivity index (χ0n) is 13.8. The van der Waals surface area contributed by atoms with Crippen molar-refractivity contribution in [1.82, 2.24) is 0 Å². The highest BCUT2D eigenvalue weighted by Crippen LogP contribution is 2.35. The molecule has 7 heteroatoms. The molecule has 0 amide bonds. The summed E-state index contributed by atoms with van der Waals surface area (Å²) < 4.78 is 0. The van der Waals surface area contributed by atoms with Gasteiger partial charge < -0.3 is 16.4 Å². The summed E-state index contributed by atoms with van der Waals surface area (Å²) in [5.74, 6) is 0.972. The lowest BCUT2D eigenvalue weighted by molar-refractivity contribution is 0.482. The molecule has 0 radical (unpaired) electrons. The van der Waals surface area contributed by atoms with Gasteiger partial charge in [-0.2, -0.15) is 0 Å². The number of aliphatic imine (C=N–C) groups is 1. The molecular weight excluding hydrogens is 372 g/mol. The van der Waals surface area contributed by atoms with E-state index in [2.05, 4.69) is 34.7 Å². The fourth-order valence-corrected chi connectivity index (χ4v) is 3.99. The Morgan fingerprint density at radius 1 is 1.20 bits per heavy atom. The highest BCUT2D eigenvalue weighted by atomic mass is 35.5. The molecule has 2 aromatic rings. The Labute approximate surface area is 162 Å².